The van der Waals surface area contributed by atoms with Gasteiger partial charge in [0.2, 0.25) is 5.91 Å². The Bertz CT molecular complexity index is 502. The average molecular weight is 277 g/mol. The molecular weight excluding hydrogens is 254 g/mol. The highest BCUT2D eigenvalue weighted by Crippen LogP contribution is 2.36. The summed E-state index contributed by atoms with van der Waals surface area (Å²) in [4.78, 5) is 15.8. The summed E-state index contributed by atoms with van der Waals surface area (Å²) in [6.07, 6.45) is 0. The van der Waals surface area contributed by atoms with Gasteiger partial charge in [0.05, 0.1) is 12.3 Å². The molecule has 1 aliphatic rings. The zero-order chi connectivity index (χ0) is 14.9. The van der Waals surface area contributed by atoms with E-state index in [1.807, 2.05) is 18.2 Å². The lowest BCUT2D eigenvalue weighted by Crippen LogP contribution is -2.33. The molecule has 5 heteroatoms. The molecule has 5 nitrogen and oxygen atoms in total. The summed E-state index contributed by atoms with van der Waals surface area (Å²) >= 11 is 0. The highest BCUT2D eigenvalue weighted by Gasteiger charge is 2.32. The van der Waals surface area contributed by atoms with Crippen LogP contribution in [-0.2, 0) is 9.53 Å². The number of amides is 1. The van der Waals surface area contributed by atoms with Crippen molar-refractivity contribution in [3.05, 3.63) is 23.8 Å². The number of benzene rings is 1. The van der Waals surface area contributed by atoms with Crippen molar-refractivity contribution in [1.29, 1.82) is 0 Å². The van der Waals surface area contributed by atoms with Gasteiger partial charge in [-0.2, -0.15) is 0 Å². The maximum Gasteiger partial charge on any atom is 0.248 e. The Morgan fingerprint density at radius 2 is 2.15 bits per heavy atom. The average Bonchev–Trinajstić information content (AvgIpc) is 2.64. The summed E-state index contributed by atoms with van der Waals surface area (Å²) in [7, 11) is 3.47. The minimum absolute atomic E-state index is 0.0508. The molecule has 1 atom stereocenters. The maximum atomic E-state index is 11.9. The van der Waals surface area contributed by atoms with Gasteiger partial charge in [0.1, 0.15) is 6.04 Å². The summed E-state index contributed by atoms with van der Waals surface area (Å²) < 4.78 is 5.17. The van der Waals surface area contributed by atoms with Gasteiger partial charge in [0, 0.05) is 38.0 Å². The molecule has 0 aromatic heterocycles. The first kappa shape index (κ1) is 14.8. The number of nitrogens with zero attached hydrogens (tertiary/aromatic N) is 2. The molecule has 1 unspecified atom stereocenters. The van der Waals surface area contributed by atoms with E-state index >= 15 is 0 Å². The number of fused-ring (bicyclic) bond motifs is 1. The summed E-state index contributed by atoms with van der Waals surface area (Å²) in [5.41, 5.74) is 8.81. The Morgan fingerprint density at radius 1 is 1.45 bits per heavy atom. The van der Waals surface area contributed by atoms with Crippen molar-refractivity contribution < 1.29 is 9.53 Å². The van der Waals surface area contributed by atoms with Crippen molar-refractivity contribution in [1.82, 2.24) is 0 Å². The number of anilines is 2. The van der Waals surface area contributed by atoms with Gasteiger partial charge in [-0.1, -0.05) is 6.07 Å². The van der Waals surface area contributed by atoms with E-state index in [2.05, 4.69) is 18.7 Å². The van der Waals surface area contributed by atoms with E-state index < -0.39 is 6.04 Å². The van der Waals surface area contributed by atoms with Gasteiger partial charge < -0.3 is 20.3 Å². The van der Waals surface area contributed by atoms with Gasteiger partial charge in [-0.25, -0.2) is 0 Å². The molecular formula is C15H23N3O2. The van der Waals surface area contributed by atoms with Crippen LogP contribution in [0, 0.1) is 0 Å². The summed E-state index contributed by atoms with van der Waals surface area (Å²) in [6, 6.07) is 5.85. The van der Waals surface area contributed by atoms with Crippen LogP contribution < -0.4 is 15.5 Å². The van der Waals surface area contributed by atoms with Crippen LogP contribution in [-0.4, -0.2) is 39.3 Å². The van der Waals surface area contributed by atoms with Gasteiger partial charge in [0.25, 0.3) is 0 Å². The van der Waals surface area contributed by atoms with E-state index in [1.165, 1.54) is 0 Å². The molecule has 0 bridgehead atoms. The van der Waals surface area contributed by atoms with Gasteiger partial charge in [0.15, 0.2) is 0 Å². The molecule has 0 spiro atoms. The van der Waals surface area contributed by atoms with E-state index in [1.54, 1.807) is 19.1 Å². The van der Waals surface area contributed by atoms with E-state index in [0.717, 1.165) is 23.5 Å². The topological polar surface area (TPSA) is 58.8 Å². The van der Waals surface area contributed by atoms with Crippen LogP contribution in [0.2, 0.25) is 0 Å². The minimum Gasteiger partial charge on any atom is -0.383 e. The second-order valence-electron chi connectivity index (χ2n) is 5.40. The SMILES string of the molecule is COCCN(c1ccc2c(c1)N(C)C(=O)C2N)C(C)C. The lowest BCUT2D eigenvalue weighted by Gasteiger charge is -2.29. The molecule has 1 amide bonds. The van der Waals surface area contributed by atoms with Gasteiger partial charge >= 0.3 is 0 Å². The standard InChI is InChI=1S/C15H23N3O2/c1-10(2)18(7-8-20-4)11-5-6-12-13(9-11)17(3)15(19)14(12)16/h5-6,9-10,14H,7-8,16H2,1-4H3. The van der Waals surface area contributed by atoms with Gasteiger partial charge in [-0.15, -0.1) is 0 Å². The first-order valence-electron chi connectivity index (χ1n) is 6.90. The maximum absolute atomic E-state index is 11.9. The van der Waals surface area contributed by atoms with Gasteiger partial charge in [-0.3, -0.25) is 4.79 Å². The van der Waals surface area contributed by atoms with E-state index in [0.29, 0.717) is 12.6 Å². The molecule has 1 heterocycles. The summed E-state index contributed by atoms with van der Waals surface area (Å²) in [5, 5.41) is 0. The third kappa shape index (κ3) is 2.51. The fourth-order valence-electron chi connectivity index (χ4n) is 2.60. The fourth-order valence-corrected chi connectivity index (χ4v) is 2.60. The molecule has 0 radical (unpaired) electrons. The van der Waals surface area contributed by atoms with E-state index in [4.69, 9.17) is 10.5 Å². The number of rotatable bonds is 5. The molecule has 0 saturated carbocycles. The van der Waals surface area contributed by atoms with Crippen molar-refractivity contribution in [3.8, 4) is 0 Å². The summed E-state index contributed by atoms with van der Waals surface area (Å²) in [5.74, 6) is -0.0508. The fraction of sp³-hybridized carbons (Fsp3) is 0.533. The van der Waals surface area contributed by atoms with Crippen LogP contribution in [0.4, 0.5) is 11.4 Å². The van der Waals surface area contributed by atoms with Crippen molar-refractivity contribution in [2.45, 2.75) is 25.9 Å². The number of ether oxygens (including phenoxy) is 1. The quantitative estimate of drug-likeness (QED) is 0.886. The zero-order valence-electron chi connectivity index (χ0n) is 12.6. The normalized spacial score (nSPS) is 17.8. The highest BCUT2D eigenvalue weighted by molar-refractivity contribution is 6.04. The van der Waals surface area contributed by atoms with Crippen LogP contribution in [0.5, 0.6) is 0 Å². The van der Waals surface area contributed by atoms with Crippen LogP contribution >= 0.6 is 0 Å². The molecule has 2 rings (SSSR count). The van der Waals surface area contributed by atoms with Crippen LogP contribution in [0.15, 0.2) is 18.2 Å². The number of likely N-dealkylation sites (N-methyl/N-ethyl adjacent to an activating group) is 1. The molecule has 1 aliphatic heterocycles. The van der Waals surface area contributed by atoms with Gasteiger partial charge in [-0.05, 0) is 26.0 Å². The number of methoxy groups -OCH3 is 1. The smallest absolute Gasteiger partial charge is 0.248 e. The first-order chi connectivity index (χ1) is 9.47. The van der Waals surface area contributed by atoms with Crippen LogP contribution in [0.25, 0.3) is 0 Å². The zero-order valence-corrected chi connectivity index (χ0v) is 12.6. The molecule has 110 valence electrons. The molecule has 2 N–H and O–H groups in total. The molecule has 0 saturated heterocycles. The number of hydrogen-bond donors (Lipinski definition) is 1. The van der Waals surface area contributed by atoms with Crippen molar-refractivity contribution >= 4 is 17.3 Å². The van der Waals surface area contributed by atoms with Crippen LogP contribution in [0.1, 0.15) is 25.5 Å². The number of carbonyl (C=O) groups is 1. The highest BCUT2D eigenvalue weighted by atomic mass is 16.5. The number of hydrogen-bond acceptors (Lipinski definition) is 4. The second kappa shape index (κ2) is 5.81. The minimum atomic E-state index is -0.532. The lowest BCUT2D eigenvalue weighted by atomic mass is 10.1. The monoisotopic (exact) mass is 277 g/mol. The summed E-state index contributed by atoms with van der Waals surface area (Å²) in [6.45, 7) is 5.77. The largest absolute Gasteiger partial charge is 0.383 e. The number of carbonyl (C=O) groups excluding carboxylic acids is 1. The first-order valence-corrected chi connectivity index (χ1v) is 6.90. The Labute approximate surface area is 120 Å². The molecule has 1 aromatic carbocycles. The Morgan fingerprint density at radius 3 is 2.75 bits per heavy atom. The third-order valence-corrected chi connectivity index (χ3v) is 3.80. The molecule has 0 fully saturated rings. The van der Waals surface area contributed by atoms with E-state index in [-0.39, 0.29) is 5.91 Å². The van der Waals surface area contributed by atoms with Crippen LogP contribution in [0.3, 0.4) is 0 Å². The predicted molar refractivity (Wildman–Crippen MR) is 81.1 cm³/mol. The Balaban J connectivity index is 2.33. The Hall–Kier alpha value is -1.59. The predicted octanol–water partition coefficient (Wildman–Crippen LogP) is 1.52. The second-order valence-corrected chi connectivity index (χ2v) is 5.40. The molecule has 0 aliphatic carbocycles. The van der Waals surface area contributed by atoms with Crippen molar-refractivity contribution in [3.63, 3.8) is 0 Å². The molecule has 20 heavy (non-hydrogen) atoms. The van der Waals surface area contributed by atoms with Crippen molar-refractivity contribution in [2.75, 3.05) is 37.1 Å². The lowest BCUT2D eigenvalue weighted by molar-refractivity contribution is -0.118. The number of nitrogens with two attached hydrogens (primary N) is 1. The molecule has 1 aromatic rings. The van der Waals surface area contributed by atoms with E-state index in [9.17, 15) is 4.79 Å². The van der Waals surface area contributed by atoms with Crippen molar-refractivity contribution in [2.24, 2.45) is 5.73 Å². The Kier molecular flexibility index (Phi) is 4.30. The third-order valence-electron chi connectivity index (χ3n) is 3.80.